The second kappa shape index (κ2) is 6.11. The van der Waals surface area contributed by atoms with E-state index in [1.54, 1.807) is 18.2 Å². The number of nitrogens with one attached hydrogen (secondary N) is 1. The summed E-state index contributed by atoms with van der Waals surface area (Å²) in [5.41, 5.74) is 0.794. The first-order chi connectivity index (χ1) is 12.2. The van der Waals surface area contributed by atoms with Crippen LogP contribution in [0.1, 0.15) is 16.2 Å². The molecule has 9 heteroatoms. The van der Waals surface area contributed by atoms with Crippen LogP contribution in [0.25, 0.3) is 11.3 Å². The summed E-state index contributed by atoms with van der Waals surface area (Å²) < 4.78 is 20.9. The van der Waals surface area contributed by atoms with E-state index in [2.05, 4.69) is 15.4 Å². The number of aromatic amines is 1. The van der Waals surface area contributed by atoms with Crippen LogP contribution in [-0.4, -0.2) is 28.1 Å². The Hall–Kier alpha value is -3.62. The Bertz CT molecular complexity index is 973. The molecule has 2 aromatic heterocycles. The zero-order valence-electron chi connectivity index (χ0n) is 12.7. The van der Waals surface area contributed by atoms with Crippen LogP contribution >= 0.6 is 0 Å². The lowest BCUT2D eigenvalue weighted by molar-refractivity contribution is 0.0456. The average Bonchev–Trinajstić information content (AvgIpc) is 3.28. The number of fused-ring (bicyclic) bond motifs is 1. The predicted octanol–water partition coefficient (Wildman–Crippen LogP) is 1.51. The number of nitrogens with zero attached hydrogens (tertiary/aromatic N) is 2. The van der Waals surface area contributed by atoms with Gasteiger partial charge >= 0.3 is 5.97 Å². The van der Waals surface area contributed by atoms with Gasteiger partial charge < -0.3 is 18.7 Å². The van der Waals surface area contributed by atoms with E-state index in [0.717, 1.165) is 5.56 Å². The van der Waals surface area contributed by atoms with Gasteiger partial charge in [0.05, 0.1) is 0 Å². The first kappa shape index (κ1) is 14.9. The lowest BCUT2D eigenvalue weighted by Gasteiger charge is -2.00. The molecule has 0 saturated heterocycles. The standard InChI is InChI=1S/C16H11N3O6/c20-15-4-2-11(17-18-15)16(21)22-7-10-6-13(25-19-10)9-1-3-12-14(5-9)24-8-23-12/h1-6H,7-8H2,(H,18,20). The molecule has 25 heavy (non-hydrogen) atoms. The number of ether oxygens (including phenoxy) is 3. The zero-order valence-corrected chi connectivity index (χ0v) is 12.7. The molecule has 0 atom stereocenters. The fraction of sp³-hybridized carbons (Fsp3) is 0.125. The van der Waals surface area contributed by atoms with Gasteiger partial charge in [0.1, 0.15) is 12.3 Å². The summed E-state index contributed by atoms with van der Waals surface area (Å²) in [6.07, 6.45) is 0. The molecular formula is C16H11N3O6. The number of carbonyl (C=O) groups excluding carboxylic acids is 1. The number of aromatic nitrogens is 3. The predicted molar refractivity (Wildman–Crippen MR) is 82.0 cm³/mol. The maximum absolute atomic E-state index is 11.8. The van der Waals surface area contributed by atoms with Gasteiger partial charge in [0.15, 0.2) is 23.0 Å². The van der Waals surface area contributed by atoms with Crippen LogP contribution in [0.15, 0.2) is 45.7 Å². The third kappa shape index (κ3) is 3.07. The molecule has 0 spiro atoms. The van der Waals surface area contributed by atoms with E-state index in [-0.39, 0.29) is 19.1 Å². The number of hydrogen-bond donors (Lipinski definition) is 1. The Morgan fingerprint density at radius 2 is 2.04 bits per heavy atom. The molecule has 1 N–H and O–H groups in total. The maximum Gasteiger partial charge on any atom is 0.359 e. The number of hydrogen-bond acceptors (Lipinski definition) is 8. The second-order valence-electron chi connectivity index (χ2n) is 5.13. The second-order valence-corrected chi connectivity index (χ2v) is 5.13. The normalized spacial score (nSPS) is 12.2. The van der Waals surface area contributed by atoms with Crippen molar-refractivity contribution in [3.05, 3.63) is 58.1 Å². The minimum atomic E-state index is -0.677. The highest BCUT2D eigenvalue weighted by molar-refractivity contribution is 5.86. The Morgan fingerprint density at radius 1 is 1.16 bits per heavy atom. The van der Waals surface area contributed by atoms with E-state index >= 15 is 0 Å². The molecule has 0 radical (unpaired) electrons. The van der Waals surface area contributed by atoms with E-state index in [9.17, 15) is 9.59 Å². The largest absolute Gasteiger partial charge is 0.454 e. The van der Waals surface area contributed by atoms with Crippen LogP contribution in [0.5, 0.6) is 11.5 Å². The number of rotatable bonds is 4. The van der Waals surface area contributed by atoms with E-state index in [1.807, 2.05) is 6.07 Å². The quantitative estimate of drug-likeness (QED) is 0.710. The lowest BCUT2D eigenvalue weighted by Crippen LogP contribution is -2.13. The molecule has 9 nitrogen and oxygen atoms in total. The number of H-pyrrole nitrogens is 1. The molecule has 3 heterocycles. The highest BCUT2D eigenvalue weighted by atomic mass is 16.7. The Morgan fingerprint density at radius 3 is 2.88 bits per heavy atom. The highest BCUT2D eigenvalue weighted by Gasteiger charge is 2.16. The van der Waals surface area contributed by atoms with Crippen molar-refractivity contribution in [3.63, 3.8) is 0 Å². The number of esters is 1. The molecule has 0 unspecified atom stereocenters. The highest BCUT2D eigenvalue weighted by Crippen LogP contribution is 2.36. The van der Waals surface area contributed by atoms with Crippen molar-refractivity contribution in [1.29, 1.82) is 0 Å². The van der Waals surface area contributed by atoms with Crippen LogP contribution in [-0.2, 0) is 11.3 Å². The monoisotopic (exact) mass is 341 g/mol. The van der Waals surface area contributed by atoms with Crippen molar-refractivity contribution in [2.75, 3.05) is 6.79 Å². The van der Waals surface area contributed by atoms with Gasteiger partial charge in [-0.05, 0) is 24.3 Å². The molecule has 0 saturated carbocycles. The first-order valence-corrected chi connectivity index (χ1v) is 7.27. The van der Waals surface area contributed by atoms with Crippen LogP contribution in [0.4, 0.5) is 0 Å². The van der Waals surface area contributed by atoms with E-state index < -0.39 is 11.5 Å². The van der Waals surface area contributed by atoms with Gasteiger partial charge in [0.2, 0.25) is 6.79 Å². The maximum atomic E-state index is 11.8. The van der Waals surface area contributed by atoms with Gasteiger partial charge in [0.25, 0.3) is 5.56 Å². The summed E-state index contributed by atoms with van der Waals surface area (Å²) in [4.78, 5) is 22.8. The van der Waals surface area contributed by atoms with Gasteiger partial charge in [-0.25, -0.2) is 9.89 Å². The number of benzene rings is 1. The van der Waals surface area contributed by atoms with Crippen molar-refractivity contribution in [2.45, 2.75) is 6.61 Å². The van der Waals surface area contributed by atoms with Crippen molar-refractivity contribution in [2.24, 2.45) is 0 Å². The molecule has 0 bridgehead atoms. The smallest absolute Gasteiger partial charge is 0.359 e. The Balaban J connectivity index is 1.44. The van der Waals surface area contributed by atoms with E-state index in [1.165, 1.54) is 12.1 Å². The van der Waals surface area contributed by atoms with Crippen LogP contribution < -0.4 is 15.0 Å². The minimum Gasteiger partial charge on any atom is -0.454 e. The number of carbonyl (C=O) groups is 1. The SMILES string of the molecule is O=C(OCc1cc(-c2ccc3c(c2)OCO3)on1)c1ccc(=O)[nH]n1. The third-order valence-corrected chi connectivity index (χ3v) is 3.46. The molecular weight excluding hydrogens is 330 g/mol. The summed E-state index contributed by atoms with van der Waals surface area (Å²) >= 11 is 0. The molecule has 1 aliphatic heterocycles. The van der Waals surface area contributed by atoms with E-state index in [4.69, 9.17) is 18.7 Å². The van der Waals surface area contributed by atoms with Gasteiger partial charge in [-0.15, -0.1) is 0 Å². The van der Waals surface area contributed by atoms with Crippen molar-refractivity contribution >= 4 is 5.97 Å². The molecule has 1 aromatic carbocycles. The topological polar surface area (TPSA) is 117 Å². The van der Waals surface area contributed by atoms with Crippen LogP contribution in [0, 0.1) is 0 Å². The van der Waals surface area contributed by atoms with Crippen LogP contribution in [0.2, 0.25) is 0 Å². The van der Waals surface area contributed by atoms with Crippen molar-refractivity contribution < 1.29 is 23.5 Å². The first-order valence-electron chi connectivity index (χ1n) is 7.27. The average molecular weight is 341 g/mol. The summed E-state index contributed by atoms with van der Waals surface area (Å²) in [5, 5.41) is 9.62. The fourth-order valence-electron chi connectivity index (χ4n) is 2.24. The van der Waals surface area contributed by atoms with Crippen molar-refractivity contribution in [1.82, 2.24) is 15.4 Å². The fourth-order valence-corrected chi connectivity index (χ4v) is 2.24. The Kier molecular flexibility index (Phi) is 3.65. The minimum absolute atomic E-state index is 0.000843. The molecule has 0 amide bonds. The summed E-state index contributed by atoms with van der Waals surface area (Å²) in [7, 11) is 0. The van der Waals surface area contributed by atoms with Crippen molar-refractivity contribution in [3.8, 4) is 22.8 Å². The summed E-state index contributed by atoms with van der Waals surface area (Å²) in [6.45, 7) is 0.100. The summed E-state index contributed by atoms with van der Waals surface area (Å²) in [5.74, 6) is 1.13. The molecule has 1 aliphatic rings. The van der Waals surface area contributed by atoms with Gasteiger partial charge in [0, 0.05) is 17.7 Å². The third-order valence-electron chi connectivity index (χ3n) is 3.46. The molecule has 126 valence electrons. The summed E-state index contributed by atoms with van der Waals surface area (Å²) in [6, 6.07) is 9.50. The van der Waals surface area contributed by atoms with Gasteiger partial charge in [-0.1, -0.05) is 5.16 Å². The molecule has 0 fully saturated rings. The van der Waals surface area contributed by atoms with Crippen LogP contribution in [0.3, 0.4) is 0 Å². The Labute approximate surface area is 140 Å². The van der Waals surface area contributed by atoms with E-state index in [0.29, 0.717) is 23.0 Å². The zero-order chi connectivity index (χ0) is 17.2. The van der Waals surface area contributed by atoms with Gasteiger partial charge in [-0.3, -0.25) is 4.79 Å². The molecule has 3 aromatic rings. The lowest BCUT2D eigenvalue weighted by atomic mass is 10.1. The van der Waals surface area contributed by atoms with Gasteiger partial charge in [-0.2, -0.15) is 5.10 Å². The molecule has 0 aliphatic carbocycles. The molecule has 4 rings (SSSR count).